The lowest BCUT2D eigenvalue weighted by Gasteiger charge is -2.17. The minimum atomic E-state index is -4.94. The maximum absolute atomic E-state index is 15.1. The second-order valence-electron chi connectivity index (χ2n) is 9.68. The maximum atomic E-state index is 15.1. The molecule has 39 heavy (non-hydrogen) atoms. The Hall–Kier alpha value is -4.26. The van der Waals surface area contributed by atoms with Crippen LogP contribution in [-0.2, 0) is 24.0 Å². The van der Waals surface area contributed by atoms with Crippen LogP contribution in [0, 0.1) is 23.5 Å². The average molecular weight is 545 g/mol. The first-order valence-electron chi connectivity index (χ1n) is 11.9. The van der Waals surface area contributed by atoms with Crippen molar-refractivity contribution in [3.05, 3.63) is 82.0 Å². The highest BCUT2D eigenvalue weighted by Gasteiger charge is 2.60. The van der Waals surface area contributed by atoms with Crippen LogP contribution in [0.25, 0.3) is 11.1 Å². The number of fused-ring (bicyclic) bond motifs is 3. The number of carbonyl (C=O) groups is 1. The molecule has 202 valence electrons. The van der Waals surface area contributed by atoms with Gasteiger partial charge in [-0.1, -0.05) is 12.1 Å². The van der Waals surface area contributed by atoms with Crippen molar-refractivity contribution in [1.29, 1.82) is 0 Å². The standard InChI is InChI=1S/C26H20F5N5O3/c1-36-34-24(33-35-36)11-2-3-14(20(28)6-11)15-5-13(19(27)8-18(15)26(29,30)31)10-39-21-7-12-4-16-22(17(12)9-32-21)23(16)25(37)38/h2-3,5-9,16,22-23,35H,4,10H2,1H3,(H,33,34)(H,37,38)/t16-,22-,23+/m1/s1. The Kier molecular flexibility index (Phi) is 5.72. The highest BCUT2D eigenvalue weighted by Crippen LogP contribution is 2.61. The predicted octanol–water partition coefficient (Wildman–Crippen LogP) is 4.21. The number of benzene rings is 2. The van der Waals surface area contributed by atoms with Crippen LogP contribution in [0.5, 0.6) is 5.88 Å². The summed E-state index contributed by atoms with van der Waals surface area (Å²) in [5, 5.41) is 14.6. The molecule has 2 aliphatic carbocycles. The van der Waals surface area contributed by atoms with Crippen molar-refractivity contribution in [3.8, 4) is 17.0 Å². The van der Waals surface area contributed by atoms with Gasteiger partial charge in [0.25, 0.3) is 0 Å². The van der Waals surface area contributed by atoms with Crippen LogP contribution < -0.4 is 15.7 Å². The van der Waals surface area contributed by atoms with Gasteiger partial charge in [0.15, 0.2) is 5.84 Å². The number of halogens is 5. The van der Waals surface area contributed by atoms with E-state index in [1.54, 1.807) is 13.1 Å². The lowest BCUT2D eigenvalue weighted by Crippen LogP contribution is -2.37. The van der Waals surface area contributed by atoms with E-state index in [-0.39, 0.29) is 34.7 Å². The fourth-order valence-electron chi connectivity index (χ4n) is 5.37. The molecule has 1 aromatic heterocycles. The molecule has 3 aliphatic rings. The summed E-state index contributed by atoms with van der Waals surface area (Å²) >= 11 is 0. The zero-order chi connectivity index (χ0) is 27.6. The third-order valence-corrected chi connectivity index (χ3v) is 7.25. The molecule has 1 saturated carbocycles. The lowest BCUT2D eigenvalue weighted by atomic mass is 9.95. The van der Waals surface area contributed by atoms with Crippen LogP contribution in [0.3, 0.4) is 0 Å². The minimum absolute atomic E-state index is 0.0134. The second-order valence-corrected chi connectivity index (χ2v) is 9.68. The van der Waals surface area contributed by atoms with Crippen LogP contribution in [0.2, 0.25) is 0 Å². The van der Waals surface area contributed by atoms with Crippen molar-refractivity contribution < 1.29 is 36.6 Å². The number of pyridine rings is 1. The third kappa shape index (κ3) is 4.42. The van der Waals surface area contributed by atoms with Gasteiger partial charge < -0.3 is 9.84 Å². The molecule has 0 bridgehead atoms. The molecule has 8 nitrogen and oxygen atoms in total. The van der Waals surface area contributed by atoms with Gasteiger partial charge in [0.05, 0.1) is 11.5 Å². The molecule has 1 aliphatic heterocycles. The summed E-state index contributed by atoms with van der Waals surface area (Å²) in [7, 11) is 1.62. The number of hydrazone groups is 1. The van der Waals surface area contributed by atoms with E-state index < -0.39 is 47.4 Å². The average Bonchev–Trinajstić information content (AvgIpc) is 3.20. The summed E-state index contributed by atoms with van der Waals surface area (Å²) in [6, 6.07) is 6.51. The summed E-state index contributed by atoms with van der Waals surface area (Å²) in [5.74, 6) is -3.04. The summed E-state index contributed by atoms with van der Waals surface area (Å²) in [6.07, 6.45) is -2.86. The van der Waals surface area contributed by atoms with Gasteiger partial charge in [-0.2, -0.15) is 13.2 Å². The molecule has 0 unspecified atom stereocenters. The summed E-state index contributed by atoms with van der Waals surface area (Å²) in [6.45, 7) is -0.453. The van der Waals surface area contributed by atoms with E-state index in [1.165, 1.54) is 23.4 Å². The van der Waals surface area contributed by atoms with Crippen LogP contribution in [0.15, 0.2) is 47.7 Å². The first-order valence-corrected chi connectivity index (χ1v) is 11.9. The van der Waals surface area contributed by atoms with E-state index in [2.05, 4.69) is 21.0 Å². The van der Waals surface area contributed by atoms with Crippen molar-refractivity contribution in [1.82, 2.24) is 21.1 Å². The number of ether oxygens (including phenoxy) is 1. The zero-order valence-corrected chi connectivity index (χ0v) is 20.2. The SMILES string of the molecule is CN1NN=C(c2ccc(-c3cc(COc4cc5c(cn4)[C@H]4[C@@H](C5)[C@@H]4C(=O)O)c(F)cc3C(F)(F)F)c(F)c2)N1. The number of hydrogen-bond donors (Lipinski definition) is 3. The molecule has 2 heterocycles. The molecule has 3 atom stereocenters. The van der Waals surface area contributed by atoms with Gasteiger partial charge in [-0.25, -0.2) is 19.3 Å². The molecule has 0 radical (unpaired) electrons. The lowest BCUT2D eigenvalue weighted by molar-refractivity contribution is -0.139. The van der Waals surface area contributed by atoms with Crippen molar-refractivity contribution in [2.24, 2.45) is 16.9 Å². The topological polar surface area (TPSA) is 99.1 Å². The first kappa shape index (κ1) is 25.0. The number of carboxylic acid groups (broad SMARTS) is 1. The molecule has 0 spiro atoms. The molecule has 3 aromatic rings. The number of aliphatic carboxylic acids is 1. The number of alkyl halides is 3. The van der Waals surface area contributed by atoms with E-state index >= 15 is 4.39 Å². The molecule has 0 amide bonds. The maximum Gasteiger partial charge on any atom is 0.417 e. The van der Waals surface area contributed by atoms with Gasteiger partial charge in [-0.05, 0) is 47.2 Å². The minimum Gasteiger partial charge on any atom is -0.481 e. The zero-order valence-electron chi connectivity index (χ0n) is 20.2. The first-order chi connectivity index (χ1) is 18.5. The predicted molar refractivity (Wildman–Crippen MR) is 127 cm³/mol. The van der Waals surface area contributed by atoms with E-state index in [4.69, 9.17) is 4.74 Å². The van der Waals surface area contributed by atoms with Crippen LogP contribution in [0.4, 0.5) is 22.0 Å². The Morgan fingerprint density at radius 3 is 2.62 bits per heavy atom. The Balaban J connectivity index is 1.27. The summed E-state index contributed by atoms with van der Waals surface area (Å²) < 4.78 is 77.0. The van der Waals surface area contributed by atoms with Crippen molar-refractivity contribution in [2.45, 2.75) is 25.1 Å². The Bertz CT molecular complexity index is 1540. The molecular weight excluding hydrogens is 525 g/mol. The second kappa shape index (κ2) is 8.90. The Morgan fingerprint density at radius 1 is 1.15 bits per heavy atom. The van der Waals surface area contributed by atoms with Crippen molar-refractivity contribution in [2.75, 3.05) is 7.05 Å². The van der Waals surface area contributed by atoms with Crippen LogP contribution in [-0.4, -0.2) is 34.1 Å². The molecule has 3 N–H and O–H groups in total. The number of hydrazine groups is 2. The Morgan fingerprint density at radius 2 is 1.95 bits per heavy atom. The summed E-state index contributed by atoms with van der Waals surface area (Å²) in [5.41, 5.74) is 4.95. The fraction of sp³-hybridized carbons (Fsp3) is 0.269. The van der Waals surface area contributed by atoms with Crippen molar-refractivity contribution >= 4 is 11.8 Å². The molecule has 6 rings (SSSR count). The largest absolute Gasteiger partial charge is 0.481 e. The molecule has 0 saturated heterocycles. The molecule has 13 heteroatoms. The van der Waals surface area contributed by atoms with E-state index in [1.807, 2.05) is 0 Å². The number of nitrogens with one attached hydrogen (secondary N) is 2. The number of aromatic nitrogens is 1. The number of nitrogens with zero attached hydrogens (tertiary/aromatic N) is 3. The van der Waals surface area contributed by atoms with Crippen LogP contribution in [0.1, 0.15) is 33.7 Å². The van der Waals surface area contributed by atoms with Gasteiger partial charge in [0.2, 0.25) is 5.88 Å². The van der Waals surface area contributed by atoms with Gasteiger partial charge in [-0.15, -0.1) is 10.2 Å². The van der Waals surface area contributed by atoms with Gasteiger partial charge in [-0.3, -0.25) is 10.2 Å². The highest BCUT2D eigenvalue weighted by atomic mass is 19.4. The van der Waals surface area contributed by atoms with Gasteiger partial charge >= 0.3 is 12.1 Å². The smallest absolute Gasteiger partial charge is 0.417 e. The monoisotopic (exact) mass is 545 g/mol. The Labute approximate surface area is 218 Å². The van der Waals surface area contributed by atoms with Gasteiger partial charge in [0, 0.05) is 41.9 Å². The van der Waals surface area contributed by atoms with E-state index in [9.17, 15) is 27.5 Å². The van der Waals surface area contributed by atoms with Gasteiger partial charge in [0.1, 0.15) is 18.2 Å². The number of rotatable bonds is 6. The summed E-state index contributed by atoms with van der Waals surface area (Å²) in [4.78, 5) is 15.4. The van der Waals surface area contributed by atoms with E-state index in [0.29, 0.717) is 18.1 Å². The van der Waals surface area contributed by atoms with E-state index in [0.717, 1.165) is 23.3 Å². The quantitative estimate of drug-likeness (QED) is 0.399. The molecule has 2 aromatic carbocycles. The number of carboxylic acids is 1. The van der Waals surface area contributed by atoms with Crippen molar-refractivity contribution in [3.63, 3.8) is 0 Å². The highest BCUT2D eigenvalue weighted by molar-refractivity contribution is 5.99. The molecule has 1 fully saturated rings. The molecular formula is C26H20F5N5O3. The number of hydrogen-bond acceptors (Lipinski definition) is 7. The number of amidine groups is 1. The normalized spacial score (nSPS) is 21.5. The van der Waals surface area contributed by atoms with Crippen LogP contribution >= 0.6 is 0 Å². The third-order valence-electron chi connectivity index (χ3n) is 7.25. The fourth-order valence-corrected chi connectivity index (χ4v) is 5.37.